The second-order valence-corrected chi connectivity index (χ2v) is 5.46. The molecule has 2 rings (SSSR count). The average molecular weight is 293 g/mol. The van der Waals surface area contributed by atoms with E-state index in [1.165, 1.54) is 6.07 Å². The first-order chi connectivity index (χ1) is 10.0. The largest absolute Gasteiger partial charge is 0.487 e. The molecule has 1 aromatic rings. The molecule has 0 spiro atoms. The molecule has 0 aliphatic carbocycles. The minimum Gasteiger partial charge on any atom is -0.487 e. The molecule has 21 heavy (non-hydrogen) atoms. The van der Waals surface area contributed by atoms with Crippen LogP contribution in [-0.4, -0.2) is 48.7 Å². The van der Waals surface area contributed by atoms with Gasteiger partial charge in [0, 0.05) is 50.0 Å². The van der Waals surface area contributed by atoms with Crippen LogP contribution >= 0.6 is 0 Å². The Balaban J connectivity index is 2.14. The maximum absolute atomic E-state index is 11.0. The first-order valence-corrected chi connectivity index (χ1v) is 7.43. The van der Waals surface area contributed by atoms with Crippen LogP contribution in [0.3, 0.4) is 0 Å². The summed E-state index contributed by atoms with van der Waals surface area (Å²) >= 11 is 0. The van der Waals surface area contributed by atoms with E-state index in [-0.39, 0.29) is 5.69 Å². The summed E-state index contributed by atoms with van der Waals surface area (Å²) in [6.07, 6.45) is 0. The number of piperazine rings is 1. The van der Waals surface area contributed by atoms with Crippen molar-refractivity contribution >= 4 is 11.4 Å². The lowest BCUT2D eigenvalue weighted by atomic mass is 10.2. The van der Waals surface area contributed by atoms with Gasteiger partial charge >= 0.3 is 5.69 Å². The van der Waals surface area contributed by atoms with Gasteiger partial charge in [-0.2, -0.15) is 0 Å². The summed E-state index contributed by atoms with van der Waals surface area (Å²) in [6, 6.07) is 5.69. The zero-order valence-corrected chi connectivity index (χ0v) is 12.9. The minimum atomic E-state index is -0.397. The van der Waals surface area contributed by atoms with Gasteiger partial charge in [0.1, 0.15) is 0 Å². The molecule has 116 valence electrons. The predicted molar refractivity (Wildman–Crippen MR) is 83.2 cm³/mol. The number of rotatable bonds is 5. The molecule has 6 heteroatoms. The molecule has 1 saturated heterocycles. The highest BCUT2D eigenvalue weighted by Gasteiger charge is 2.22. The van der Waals surface area contributed by atoms with Crippen LogP contribution in [0.25, 0.3) is 0 Å². The van der Waals surface area contributed by atoms with Gasteiger partial charge in [0.15, 0.2) is 5.75 Å². The quantitative estimate of drug-likeness (QED) is 0.616. The van der Waals surface area contributed by atoms with Gasteiger partial charge in [-0.3, -0.25) is 15.0 Å². The Labute approximate surface area is 125 Å². The van der Waals surface area contributed by atoms with E-state index in [1.54, 1.807) is 6.07 Å². The van der Waals surface area contributed by atoms with Gasteiger partial charge in [0.25, 0.3) is 0 Å². The van der Waals surface area contributed by atoms with Crippen molar-refractivity contribution in [2.45, 2.75) is 26.8 Å². The van der Waals surface area contributed by atoms with E-state index < -0.39 is 4.92 Å². The zero-order valence-electron chi connectivity index (χ0n) is 12.9. The number of anilines is 1. The lowest BCUT2D eigenvalue weighted by Gasteiger charge is -2.38. The second kappa shape index (κ2) is 6.76. The average Bonchev–Trinajstić information content (AvgIpc) is 2.47. The molecule has 1 fully saturated rings. The first kappa shape index (κ1) is 15.6. The van der Waals surface area contributed by atoms with Crippen LogP contribution in [0.2, 0.25) is 0 Å². The number of nitro benzene ring substituents is 1. The van der Waals surface area contributed by atoms with Crippen molar-refractivity contribution in [3.05, 3.63) is 28.3 Å². The number of nitrogens with zero attached hydrogens (tertiary/aromatic N) is 3. The van der Waals surface area contributed by atoms with Gasteiger partial charge in [-0.05, 0) is 26.8 Å². The Morgan fingerprint density at radius 2 is 1.95 bits per heavy atom. The number of ether oxygens (including phenoxy) is 1. The molecule has 1 aliphatic rings. The Bertz CT molecular complexity index is 497. The van der Waals surface area contributed by atoms with Crippen molar-refractivity contribution in [2.24, 2.45) is 0 Å². The normalized spacial score (nSPS) is 16.3. The fourth-order valence-corrected chi connectivity index (χ4v) is 2.62. The summed E-state index contributed by atoms with van der Waals surface area (Å²) < 4.78 is 5.41. The van der Waals surface area contributed by atoms with Gasteiger partial charge in [-0.15, -0.1) is 0 Å². The van der Waals surface area contributed by atoms with E-state index in [0.29, 0.717) is 18.4 Å². The summed E-state index contributed by atoms with van der Waals surface area (Å²) in [5.41, 5.74) is 1.02. The van der Waals surface area contributed by atoms with Crippen molar-refractivity contribution in [3.8, 4) is 5.75 Å². The molecule has 6 nitrogen and oxygen atoms in total. The lowest BCUT2D eigenvalue weighted by Crippen LogP contribution is -2.48. The van der Waals surface area contributed by atoms with Crippen molar-refractivity contribution in [2.75, 3.05) is 37.7 Å². The summed E-state index contributed by atoms with van der Waals surface area (Å²) in [7, 11) is 0. The van der Waals surface area contributed by atoms with Crippen LogP contribution in [-0.2, 0) is 0 Å². The van der Waals surface area contributed by atoms with Gasteiger partial charge in [-0.25, -0.2) is 0 Å². The van der Waals surface area contributed by atoms with Crippen molar-refractivity contribution < 1.29 is 9.66 Å². The van der Waals surface area contributed by atoms with Crippen LogP contribution in [0.1, 0.15) is 20.8 Å². The van der Waals surface area contributed by atoms with Crippen LogP contribution in [0.5, 0.6) is 5.75 Å². The fourth-order valence-electron chi connectivity index (χ4n) is 2.62. The zero-order chi connectivity index (χ0) is 15.4. The highest BCUT2D eigenvalue weighted by molar-refractivity contribution is 5.59. The molecule has 0 radical (unpaired) electrons. The van der Waals surface area contributed by atoms with E-state index in [0.717, 1.165) is 31.9 Å². The summed E-state index contributed by atoms with van der Waals surface area (Å²) in [6.45, 7) is 10.5. The third-order valence-corrected chi connectivity index (χ3v) is 3.85. The third kappa shape index (κ3) is 3.64. The predicted octanol–water partition coefficient (Wildman–Crippen LogP) is 2.52. The smallest absolute Gasteiger partial charge is 0.311 e. The Hall–Kier alpha value is -1.82. The molecule has 1 heterocycles. The van der Waals surface area contributed by atoms with Crippen molar-refractivity contribution in [1.82, 2.24) is 4.90 Å². The van der Waals surface area contributed by atoms with E-state index in [9.17, 15) is 10.1 Å². The van der Waals surface area contributed by atoms with Crippen LogP contribution < -0.4 is 9.64 Å². The molecule has 0 bridgehead atoms. The molecule has 0 atom stereocenters. The van der Waals surface area contributed by atoms with Gasteiger partial charge in [0.05, 0.1) is 11.5 Å². The number of hydrogen-bond donors (Lipinski definition) is 0. The Morgan fingerprint density at radius 1 is 1.29 bits per heavy atom. The molecule has 1 aromatic carbocycles. The Morgan fingerprint density at radius 3 is 2.48 bits per heavy atom. The minimum absolute atomic E-state index is 0.0291. The van der Waals surface area contributed by atoms with Gasteiger partial charge < -0.3 is 9.64 Å². The summed E-state index contributed by atoms with van der Waals surface area (Å²) in [4.78, 5) is 15.3. The summed E-state index contributed by atoms with van der Waals surface area (Å²) in [5.74, 6) is 0.353. The van der Waals surface area contributed by atoms with E-state index in [4.69, 9.17) is 4.74 Å². The fraction of sp³-hybridized carbons (Fsp3) is 0.600. The van der Waals surface area contributed by atoms with E-state index in [1.807, 2.05) is 13.0 Å². The van der Waals surface area contributed by atoms with Crippen molar-refractivity contribution in [3.63, 3.8) is 0 Å². The molecular formula is C15H23N3O3. The maximum atomic E-state index is 11.0. The second-order valence-electron chi connectivity index (χ2n) is 5.46. The number of hydrogen-bond acceptors (Lipinski definition) is 5. The molecule has 0 unspecified atom stereocenters. The number of nitro groups is 1. The Kier molecular flexibility index (Phi) is 5.01. The molecule has 1 aliphatic heterocycles. The molecule has 0 amide bonds. The molecule has 0 N–H and O–H groups in total. The third-order valence-electron chi connectivity index (χ3n) is 3.85. The van der Waals surface area contributed by atoms with E-state index >= 15 is 0 Å². The van der Waals surface area contributed by atoms with Crippen molar-refractivity contribution in [1.29, 1.82) is 0 Å². The van der Waals surface area contributed by atoms with E-state index in [2.05, 4.69) is 23.6 Å². The SMILES string of the molecule is CCOc1cc(N2CCN(C(C)C)CC2)ccc1[N+](=O)[O-]. The highest BCUT2D eigenvalue weighted by atomic mass is 16.6. The molecular weight excluding hydrogens is 270 g/mol. The molecule has 0 saturated carbocycles. The van der Waals surface area contributed by atoms with Crippen LogP contribution in [0.15, 0.2) is 18.2 Å². The topological polar surface area (TPSA) is 58.8 Å². The number of benzene rings is 1. The monoisotopic (exact) mass is 293 g/mol. The maximum Gasteiger partial charge on any atom is 0.311 e. The highest BCUT2D eigenvalue weighted by Crippen LogP contribution is 2.32. The first-order valence-electron chi connectivity index (χ1n) is 7.43. The summed E-state index contributed by atoms with van der Waals surface area (Å²) in [5, 5.41) is 11.0. The van der Waals surface area contributed by atoms with Crippen LogP contribution in [0, 0.1) is 10.1 Å². The lowest BCUT2D eigenvalue weighted by molar-refractivity contribution is -0.385. The standard InChI is InChI=1S/C15H23N3O3/c1-4-21-15-11-13(5-6-14(15)18(19)20)17-9-7-16(8-10-17)12(2)3/h5-6,11-12H,4,7-10H2,1-3H3. The molecule has 0 aromatic heterocycles. The van der Waals surface area contributed by atoms with Gasteiger partial charge in [-0.1, -0.05) is 0 Å². The van der Waals surface area contributed by atoms with Gasteiger partial charge in [0.2, 0.25) is 0 Å². The van der Waals surface area contributed by atoms with Crippen LogP contribution in [0.4, 0.5) is 11.4 Å².